The number of hydrogen-bond donors (Lipinski definition) is 1. The fourth-order valence-electron chi connectivity index (χ4n) is 3.25. The van der Waals surface area contributed by atoms with Gasteiger partial charge in [-0.15, -0.1) is 5.10 Å². The Hall–Kier alpha value is -2.54. The Morgan fingerprint density at radius 2 is 2.22 bits per heavy atom. The van der Waals surface area contributed by atoms with Crippen LogP contribution in [-0.2, 0) is 13.6 Å². The summed E-state index contributed by atoms with van der Waals surface area (Å²) >= 11 is 0. The summed E-state index contributed by atoms with van der Waals surface area (Å²) < 4.78 is 1.78. The zero-order chi connectivity index (χ0) is 15.8. The molecule has 1 saturated heterocycles. The van der Waals surface area contributed by atoms with Crippen LogP contribution in [0.15, 0.2) is 35.3 Å². The third-order valence-corrected chi connectivity index (χ3v) is 4.48. The highest BCUT2D eigenvalue weighted by atomic mass is 16.1. The summed E-state index contributed by atoms with van der Waals surface area (Å²) in [6.07, 6.45) is 3.87. The maximum Gasteiger partial charge on any atom is 0.258 e. The molecule has 1 unspecified atom stereocenters. The second-order valence-electron chi connectivity index (χ2n) is 5.95. The summed E-state index contributed by atoms with van der Waals surface area (Å²) in [4.78, 5) is 22.3. The molecule has 0 spiro atoms. The first-order valence-corrected chi connectivity index (χ1v) is 7.79. The minimum atomic E-state index is -0.0698. The molecule has 0 saturated carbocycles. The van der Waals surface area contributed by atoms with E-state index >= 15 is 0 Å². The van der Waals surface area contributed by atoms with Gasteiger partial charge < -0.3 is 4.98 Å². The van der Waals surface area contributed by atoms with Gasteiger partial charge in [0, 0.05) is 13.6 Å². The average molecular weight is 310 g/mol. The number of fused-ring (bicyclic) bond motifs is 1. The number of hydrogen-bond acceptors (Lipinski definition) is 5. The molecular weight excluding hydrogens is 292 g/mol. The smallest absolute Gasteiger partial charge is 0.258 e. The van der Waals surface area contributed by atoms with E-state index in [2.05, 4.69) is 25.2 Å². The highest BCUT2D eigenvalue weighted by Crippen LogP contribution is 2.31. The maximum atomic E-state index is 12.3. The van der Waals surface area contributed by atoms with E-state index in [4.69, 9.17) is 0 Å². The summed E-state index contributed by atoms with van der Waals surface area (Å²) in [6.45, 7) is 1.73. The van der Waals surface area contributed by atoms with Gasteiger partial charge in [0.1, 0.15) is 5.82 Å². The lowest BCUT2D eigenvalue weighted by atomic mass is 10.2. The molecule has 0 aliphatic carbocycles. The number of aromatic amines is 1. The molecule has 1 aliphatic heterocycles. The van der Waals surface area contributed by atoms with E-state index in [0.29, 0.717) is 5.39 Å². The second-order valence-corrected chi connectivity index (χ2v) is 5.95. The summed E-state index contributed by atoms with van der Waals surface area (Å²) in [5.41, 5.74) is 1.74. The minimum absolute atomic E-state index is 0.0698. The van der Waals surface area contributed by atoms with Crippen molar-refractivity contribution in [2.75, 3.05) is 6.54 Å². The van der Waals surface area contributed by atoms with Crippen molar-refractivity contribution < 1.29 is 0 Å². The lowest BCUT2D eigenvalue weighted by molar-refractivity contribution is 0.234. The average Bonchev–Trinajstić information content (AvgIpc) is 3.17. The number of nitrogens with zero attached hydrogens (tertiary/aromatic N) is 5. The van der Waals surface area contributed by atoms with Gasteiger partial charge in [-0.05, 0) is 31.5 Å². The standard InChI is InChI=1S/C16H18N6O/c1-21-11(9-17-20-21)10-22-8-4-7-14(22)15-18-13-6-3-2-5-12(13)16(23)19-15/h2-3,5-6,9,14H,4,7-8,10H2,1H3,(H,18,19,23). The normalized spacial score (nSPS) is 18.7. The predicted octanol–water partition coefficient (Wildman–Crippen LogP) is 1.39. The summed E-state index contributed by atoms with van der Waals surface area (Å²) in [5.74, 6) is 0.751. The Bertz CT molecular complexity index is 899. The second kappa shape index (κ2) is 5.58. The number of para-hydroxylation sites is 1. The molecule has 1 aliphatic rings. The highest BCUT2D eigenvalue weighted by Gasteiger charge is 2.29. The fourth-order valence-corrected chi connectivity index (χ4v) is 3.25. The van der Waals surface area contributed by atoms with E-state index in [1.54, 1.807) is 16.9 Å². The van der Waals surface area contributed by atoms with Gasteiger partial charge >= 0.3 is 0 Å². The van der Waals surface area contributed by atoms with E-state index in [9.17, 15) is 4.79 Å². The number of H-pyrrole nitrogens is 1. The van der Waals surface area contributed by atoms with Crippen LogP contribution in [0.3, 0.4) is 0 Å². The molecule has 0 radical (unpaired) electrons. The molecule has 0 amide bonds. The van der Waals surface area contributed by atoms with Crippen molar-refractivity contribution in [2.45, 2.75) is 25.4 Å². The summed E-state index contributed by atoms with van der Waals surface area (Å²) in [5, 5.41) is 8.54. The number of aryl methyl sites for hydroxylation is 1. The van der Waals surface area contributed by atoms with Crippen LogP contribution in [0.5, 0.6) is 0 Å². The molecule has 7 nitrogen and oxygen atoms in total. The van der Waals surface area contributed by atoms with Crippen LogP contribution >= 0.6 is 0 Å². The van der Waals surface area contributed by atoms with Crippen molar-refractivity contribution in [1.29, 1.82) is 0 Å². The molecule has 0 bridgehead atoms. The van der Waals surface area contributed by atoms with E-state index in [-0.39, 0.29) is 11.6 Å². The SMILES string of the molecule is Cn1nncc1CN1CCCC1c1nc2ccccc2c(=O)[nH]1. The molecular formula is C16H18N6O. The van der Waals surface area contributed by atoms with Crippen LogP contribution in [0.4, 0.5) is 0 Å². The third kappa shape index (κ3) is 2.53. The molecule has 3 heterocycles. The minimum Gasteiger partial charge on any atom is -0.309 e. The zero-order valence-electron chi connectivity index (χ0n) is 12.9. The first kappa shape index (κ1) is 14.1. The molecule has 1 N–H and O–H groups in total. The first-order valence-electron chi connectivity index (χ1n) is 7.79. The molecule has 23 heavy (non-hydrogen) atoms. The maximum absolute atomic E-state index is 12.3. The van der Waals surface area contributed by atoms with E-state index in [1.165, 1.54) is 0 Å². The van der Waals surface area contributed by atoms with Crippen molar-refractivity contribution in [3.05, 3.63) is 52.3 Å². The van der Waals surface area contributed by atoms with Crippen molar-refractivity contribution >= 4 is 10.9 Å². The molecule has 118 valence electrons. The first-order chi connectivity index (χ1) is 11.2. The monoisotopic (exact) mass is 310 g/mol. The van der Waals surface area contributed by atoms with Gasteiger partial charge in [-0.3, -0.25) is 14.4 Å². The Labute approximate surface area is 133 Å². The van der Waals surface area contributed by atoms with Crippen LogP contribution in [0.25, 0.3) is 10.9 Å². The van der Waals surface area contributed by atoms with Gasteiger partial charge in [0.2, 0.25) is 0 Å². The number of benzene rings is 1. The molecule has 1 aromatic carbocycles. The number of nitrogens with one attached hydrogen (secondary N) is 1. The van der Waals surface area contributed by atoms with E-state index < -0.39 is 0 Å². The molecule has 1 atom stereocenters. The van der Waals surface area contributed by atoms with Gasteiger partial charge in [0.25, 0.3) is 5.56 Å². The van der Waals surface area contributed by atoms with Gasteiger partial charge in [-0.2, -0.15) is 0 Å². The van der Waals surface area contributed by atoms with Crippen LogP contribution in [0.2, 0.25) is 0 Å². The van der Waals surface area contributed by atoms with Crippen LogP contribution in [-0.4, -0.2) is 36.4 Å². The number of rotatable bonds is 3. The fraction of sp³-hybridized carbons (Fsp3) is 0.375. The third-order valence-electron chi connectivity index (χ3n) is 4.48. The van der Waals surface area contributed by atoms with Crippen LogP contribution < -0.4 is 5.56 Å². The van der Waals surface area contributed by atoms with Gasteiger partial charge in [-0.1, -0.05) is 17.3 Å². The molecule has 4 rings (SSSR count). The van der Waals surface area contributed by atoms with Crippen molar-refractivity contribution in [3.8, 4) is 0 Å². The largest absolute Gasteiger partial charge is 0.309 e. The zero-order valence-corrected chi connectivity index (χ0v) is 12.9. The molecule has 1 fully saturated rings. The Balaban J connectivity index is 1.69. The van der Waals surface area contributed by atoms with Gasteiger partial charge in [-0.25, -0.2) is 4.98 Å². The topological polar surface area (TPSA) is 79.7 Å². The van der Waals surface area contributed by atoms with E-state index in [0.717, 1.165) is 43.0 Å². The molecule has 2 aromatic heterocycles. The van der Waals surface area contributed by atoms with Gasteiger partial charge in [0.15, 0.2) is 0 Å². The van der Waals surface area contributed by atoms with Gasteiger partial charge in [0.05, 0.1) is 28.8 Å². The lowest BCUT2D eigenvalue weighted by Crippen LogP contribution is -2.27. The number of aromatic nitrogens is 5. The predicted molar refractivity (Wildman–Crippen MR) is 85.8 cm³/mol. The number of likely N-dealkylation sites (tertiary alicyclic amines) is 1. The van der Waals surface area contributed by atoms with Crippen molar-refractivity contribution in [3.63, 3.8) is 0 Å². The van der Waals surface area contributed by atoms with E-state index in [1.807, 2.05) is 25.2 Å². The van der Waals surface area contributed by atoms with Crippen LogP contribution in [0, 0.1) is 0 Å². The summed E-state index contributed by atoms with van der Waals surface area (Å²) in [7, 11) is 1.89. The Kier molecular flexibility index (Phi) is 3.42. The lowest BCUT2D eigenvalue weighted by Gasteiger charge is -2.23. The Morgan fingerprint density at radius 3 is 3.04 bits per heavy atom. The summed E-state index contributed by atoms with van der Waals surface area (Å²) in [6, 6.07) is 7.58. The quantitative estimate of drug-likeness (QED) is 0.791. The molecule has 7 heteroatoms. The molecule has 3 aromatic rings. The highest BCUT2D eigenvalue weighted by molar-refractivity contribution is 5.77. The van der Waals surface area contributed by atoms with Crippen molar-refractivity contribution in [1.82, 2.24) is 29.9 Å². The van der Waals surface area contributed by atoms with Crippen LogP contribution in [0.1, 0.15) is 30.4 Å². The Morgan fingerprint density at radius 1 is 1.35 bits per heavy atom. The van der Waals surface area contributed by atoms with Crippen molar-refractivity contribution in [2.24, 2.45) is 7.05 Å².